The number of rotatable bonds is 6. The summed E-state index contributed by atoms with van der Waals surface area (Å²) in [7, 11) is 1.33. The van der Waals surface area contributed by atoms with Crippen LogP contribution in [0.4, 0.5) is 5.69 Å². The fraction of sp³-hybridized carbons (Fsp3) is 0.467. The number of hydrogen-bond donors (Lipinski definition) is 1. The highest BCUT2D eigenvalue weighted by molar-refractivity contribution is 6.30. The Morgan fingerprint density at radius 3 is 2.50 bits per heavy atom. The minimum Gasteiger partial charge on any atom is -0.469 e. The van der Waals surface area contributed by atoms with E-state index < -0.39 is 5.92 Å². The lowest BCUT2D eigenvalue weighted by atomic mass is 9.89. The molecular formula is C15H20ClNO3. The van der Waals surface area contributed by atoms with Gasteiger partial charge >= 0.3 is 5.97 Å². The van der Waals surface area contributed by atoms with Gasteiger partial charge in [0.05, 0.1) is 13.0 Å². The van der Waals surface area contributed by atoms with Crippen LogP contribution >= 0.6 is 11.6 Å². The number of Topliss-reactive ketones (excluding diaryl/α,β-unsaturated/α-hetero) is 1. The number of ether oxygens (including phenoxy) is 1. The first-order valence-corrected chi connectivity index (χ1v) is 6.86. The Balaban J connectivity index is 2.73. The largest absolute Gasteiger partial charge is 0.469 e. The van der Waals surface area contributed by atoms with Crippen molar-refractivity contribution in [3.63, 3.8) is 0 Å². The molecule has 0 unspecified atom stereocenters. The second-order valence-electron chi connectivity index (χ2n) is 5.14. The van der Waals surface area contributed by atoms with Crippen molar-refractivity contribution in [2.75, 3.05) is 12.8 Å². The third-order valence-corrected chi connectivity index (χ3v) is 3.49. The number of esters is 1. The van der Waals surface area contributed by atoms with Crippen LogP contribution in [0, 0.1) is 11.8 Å². The van der Waals surface area contributed by atoms with Gasteiger partial charge in [0, 0.05) is 23.6 Å². The fourth-order valence-corrected chi connectivity index (χ4v) is 2.18. The second-order valence-corrected chi connectivity index (χ2v) is 5.57. The lowest BCUT2D eigenvalue weighted by Crippen LogP contribution is -2.25. The molecule has 0 aliphatic rings. The number of anilines is 1. The Morgan fingerprint density at radius 1 is 1.35 bits per heavy atom. The number of nitrogen functional groups attached to an aromatic ring is 1. The van der Waals surface area contributed by atoms with Gasteiger partial charge in [-0.3, -0.25) is 9.59 Å². The number of carbonyl (C=O) groups is 2. The lowest BCUT2D eigenvalue weighted by Gasteiger charge is -2.17. The van der Waals surface area contributed by atoms with Crippen LogP contribution in [0.1, 0.15) is 25.8 Å². The van der Waals surface area contributed by atoms with Crippen molar-refractivity contribution < 1.29 is 14.3 Å². The Morgan fingerprint density at radius 2 is 2.00 bits per heavy atom. The molecular weight excluding hydrogens is 278 g/mol. The highest BCUT2D eigenvalue weighted by Crippen LogP contribution is 2.22. The van der Waals surface area contributed by atoms with Crippen LogP contribution < -0.4 is 5.73 Å². The predicted molar refractivity (Wildman–Crippen MR) is 79.5 cm³/mol. The van der Waals surface area contributed by atoms with Gasteiger partial charge in [0.2, 0.25) is 0 Å². The number of methoxy groups -OCH3 is 1. The van der Waals surface area contributed by atoms with Crippen LogP contribution in [0.25, 0.3) is 0 Å². The molecule has 0 spiro atoms. The molecule has 110 valence electrons. The summed E-state index contributed by atoms with van der Waals surface area (Å²) < 4.78 is 4.73. The molecule has 1 aromatic carbocycles. The normalized spacial score (nSPS) is 12.2. The maximum Gasteiger partial charge on any atom is 0.309 e. The van der Waals surface area contributed by atoms with Gasteiger partial charge in [0.1, 0.15) is 5.78 Å². The van der Waals surface area contributed by atoms with Crippen LogP contribution in [0.3, 0.4) is 0 Å². The molecule has 1 aromatic rings. The maximum absolute atomic E-state index is 12.1. The molecule has 1 rings (SSSR count). The van der Waals surface area contributed by atoms with Gasteiger partial charge in [-0.1, -0.05) is 31.5 Å². The highest BCUT2D eigenvalue weighted by Gasteiger charge is 2.26. The van der Waals surface area contributed by atoms with E-state index in [0.717, 1.165) is 5.56 Å². The van der Waals surface area contributed by atoms with E-state index in [4.69, 9.17) is 22.1 Å². The molecule has 0 aromatic heterocycles. The topological polar surface area (TPSA) is 69.4 Å². The molecule has 0 radical (unpaired) electrons. The van der Waals surface area contributed by atoms with E-state index in [1.165, 1.54) is 7.11 Å². The first-order chi connectivity index (χ1) is 9.35. The predicted octanol–water partition coefficient (Wildman–Crippen LogP) is 2.87. The Labute approximate surface area is 124 Å². The third-order valence-electron chi connectivity index (χ3n) is 3.25. The number of nitrogens with two attached hydrogens (primary N) is 1. The van der Waals surface area contributed by atoms with E-state index in [0.29, 0.717) is 10.7 Å². The quantitative estimate of drug-likeness (QED) is 0.647. The molecule has 0 aliphatic heterocycles. The van der Waals surface area contributed by atoms with E-state index in [-0.39, 0.29) is 30.5 Å². The van der Waals surface area contributed by atoms with Crippen LogP contribution in [0.5, 0.6) is 0 Å². The number of benzene rings is 1. The standard InChI is InChI=1S/C15H20ClNO3/c1-9(2)13(15(19)20-3)8-12(18)6-10-4-5-11(16)7-14(10)17/h4-5,7,9,13H,6,8,17H2,1-3H3/t13-/m1/s1. The number of hydrogen-bond acceptors (Lipinski definition) is 4. The Hall–Kier alpha value is -1.55. The van der Waals surface area contributed by atoms with Crippen LogP contribution in [0.2, 0.25) is 5.02 Å². The van der Waals surface area contributed by atoms with Gasteiger partial charge in [-0.05, 0) is 23.6 Å². The smallest absolute Gasteiger partial charge is 0.309 e. The number of halogens is 1. The summed E-state index contributed by atoms with van der Waals surface area (Å²) >= 11 is 5.81. The maximum atomic E-state index is 12.1. The van der Waals surface area contributed by atoms with Gasteiger partial charge in [-0.25, -0.2) is 0 Å². The molecule has 0 bridgehead atoms. The van der Waals surface area contributed by atoms with Gasteiger partial charge in [0.25, 0.3) is 0 Å². The fourth-order valence-electron chi connectivity index (χ4n) is 2.00. The molecule has 1 atom stereocenters. The highest BCUT2D eigenvalue weighted by atomic mass is 35.5. The molecule has 2 N–H and O–H groups in total. The number of ketones is 1. The Kier molecular flexibility index (Phi) is 6.02. The summed E-state index contributed by atoms with van der Waals surface area (Å²) in [4.78, 5) is 23.7. The molecule has 4 nitrogen and oxygen atoms in total. The molecule has 0 heterocycles. The minimum absolute atomic E-state index is 0.0388. The van der Waals surface area contributed by atoms with Crippen molar-refractivity contribution in [1.82, 2.24) is 0 Å². The van der Waals surface area contributed by atoms with Gasteiger partial charge in [-0.15, -0.1) is 0 Å². The van der Waals surface area contributed by atoms with Crippen molar-refractivity contribution in [3.05, 3.63) is 28.8 Å². The molecule has 0 fully saturated rings. The molecule has 5 heteroatoms. The molecule has 0 saturated carbocycles. The van der Waals surface area contributed by atoms with Gasteiger partial charge < -0.3 is 10.5 Å². The van der Waals surface area contributed by atoms with E-state index in [9.17, 15) is 9.59 Å². The third kappa shape index (κ3) is 4.53. The minimum atomic E-state index is -0.416. The second kappa shape index (κ2) is 7.29. The van der Waals surface area contributed by atoms with Crippen molar-refractivity contribution in [1.29, 1.82) is 0 Å². The Bertz CT molecular complexity index is 500. The zero-order chi connectivity index (χ0) is 15.3. The summed E-state index contributed by atoms with van der Waals surface area (Å²) in [6, 6.07) is 5.04. The SMILES string of the molecule is COC(=O)[C@H](CC(=O)Cc1ccc(Cl)cc1N)C(C)C. The molecule has 0 amide bonds. The van der Waals surface area contributed by atoms with Crippen molar-refractivity contribution in [3.8, 4) is 0 Å². The monoisotopic (exact) mass is 297 g/mol. The summed E-state index contributed by atoms with van der Waals surface area (Å²) in [5.41, 5.74) is 7.04. The van der Waals surface area contributed by atoms with Gasteiger partial charge in [0.15, 0.2) is 0 Å². The van der Waals surface area contributed by atoms with E-state index in [2.05, 4.69) is 0 Å². The van der Waals surface area contributed by atoms with Crippen LogP contribution in [-0.4, -0.2) is 18.9 Å². The summed E-state index contributed by atoms with van der Waals surface area (Å²) in [5.74, 6) is -0.754. The van der Waals surface area contributed by atoms with Crippen LogP contribution in [0.15, 0.2) is 18.2 Å². The van der Waals surface area contributed by atoms with Crippen molar-refractivity contribution >= 4 is 29.0 Å². The van der Waals surface area contributed by atoms with E-state index in [1.807, 2.05) is 13.8 Å². The molecule has 0 aliphatic carbocycles. The van der Waals surface area contributed by atoms with E-state index >= 15 is 0 Å². The zero-order valence-corrected chi connectivity index (χ0v) is 12.7. The van der Waals surface area contributed by atoms with Crippen LogP contribution in [-0.2, 0) is 20.7 Å². The molecule has 0 saturated heterocycles. The molecule has 20 heavy (non-hydrogen) atoms. The van der Waals surface area contributed by atoms with Crippen molar-refractivity contribution in [2.45, 2.75) is 26.7 Å². The van der Waals surface area contributed by atoms with Gasteiger partial charge in [-0.2, -0.15) is 0 Å². The summed E-state index contributed by atoms with van der Waals surface area (Å²) in [6.07, 6.45) is 0.357. The first kappa shape index (κ1) is 16.5. The average Bonchev–Trinajstić information content (AvgIpc) is 2.38. The zero-order valence-electron chi connectivity index (χ0n) is 12.0. The lowest BCUT2D eigenvalue weighted by molar-refractivity contribution is -0.148. The first-order valence-electron chi connectivity index (χ1n) is 6.48. The summed E-state index contributed by atoms with van der Waals surface area (Å²) in [6.45, 7) is 3.79. The number of carbonyl (C=O) groups excluding carboxylic acids is 2. The van der Waals surface area contributed by atoms with E-state index in [1.54, 1.807) is 18.2 Å². The summed E-state index contributed by atoms with van der Waals surface area (Å²) in [5, 5.41) is 0.535. The van der Waals surface area contributed by atoms with Crippen molar-refractivity contribution in [2.24, 2.45) is 11.8 Å². The average molecular weight is 298 g/mol.